The molecule has 18 heavy (non-hydrogen) atoms. The van der Waals surface area contributed by atoms with Crippen LogP contribution in [0.25, 0.3) is 0 Å². The third-order valence-electron chi connectivity index (χ3n) is 2.44. The molecule has 2 rings (SSSR count). The smallest absolute Gasteiger partial charge is 0.307 e. The normalized spacial score (nSPS) is 16.4. The zero-order valence-corrected chi connectivity index (χ0v) is 10.0. The number of carbonyl (C=O) groups is 1. The lowest BCUT2D eigenvalue weighted by molar-refractivity contribution is -0.137. The third-order valence-corrected chi connectivity index (χ3v) is 2.44. The Balaban J connectivity index is 0.00000162. The summed E-state index contributed by atoms with van der Waals surface area (Å²) in [5.74, 6) is 0.0630. The van der Waals surface area contributed by atoms with Crippen LogP contribution in [0, 0.1) is 0 Å². The summed E-state index contributed by atoms with van der Waals surface area (Å²) >= 11 is 0. The Hall–Kier alpha value is -1.34. The van der Waals surface area contributed by atoms with E-state index in [1.165, 1.54) is 11.0 Å². The molecule has 1 aromatic heterocycles. The molecule has 0 saturated carbocycles. The minimum atomic E-state index is -4.40. The van der Waals surface area contributed by atoms with Crippen molar-refractivity contribution in [3.8, 4) is 0 Å². The van der Waals surface area contributed by atoms with Gasteiger partial charge in [0.05, 0.1) is 12.1 Å². The number of piperazine rings is 1. The van der Waals surface area contributed by atoms with Crippen molar-refractivity contribution in [1.82, 2.24) is 10.3 Å². The maximum atomic E-state index is 12.3. The number of halogens is 4. The number of alkyl halides is 3. The van der Waals surface area contributed by atoms with E-state index in [4.69, 9.17) is 0 Å². The molecule has 1 aliphatic rings. The summed E-state index contributed by atoms with van der Waals surface area (Å²) in [5.41, 5.74) is -0.816. The fourth-order valence-electron chi connectivity index (χ4n) is 1.56. The lowest BCUT2D eigenvalue weighted by Gasteiger charge is -2.26. The second-order valence-electron chi connectivity index (χ2n) is 3.62. The van der Waals surface area contributed by atoms with Gasteiger partial charge in [0.1, 0.15) is 5.82 Å². The lowest BCUT2D eigenvalue weighted by Crippen LogP contribution is -2.48. The molecule has 100 valence electrons. The molecule has 1 aromatic rings. The number of hydrogen-bond acceptors (Lipinski definition) is 3. The van der Waals surface area contributed by atoms with Gasteiger partial charge in [0.15, 0.2) is 0 Å². The van der Waals surface area contributed by atoms with E-state index < -0.39 is 11.7 Å². The predicted octanol–water partition coefficient (Wildman–Crippen LogP) is 1.46. The van der Waals surface area contributed by atoms with Gasteiger partial charge in [0, 0.05) is 19.3 Å². The summed E-state index contributed by atoms with van der Waals surface area (Å²) in [6.07, 6.45) is -3.66. The van der Waals surface area contributed by atoms with E-state index in [2.05, 4.69) is 10.3 Å². The molecule has 0 atom stereocenters. The highest BCUT2D eigenvalue weighted by Crippen LogP contribution is 2.29. The number of pyridine rings is 1. The molecule has 0 spiro atoms. The molecule has 0 aliphatic carbocycles. The average molecular weight is 282 g/mol. The topological polar surface area (TPSA) is 45.2 Å². The minimum Gasteiger partial charge on any atom is -0.307 e. The van der Waals surface area contributed by atoms with Crippen LogP contribution in [0.1, 0.15) is 5.56 Å². The van der Waals surface area contributed by atoms with Crippen LogP contribution in [0.5, 0.6) is 0 Å². The standard InChI is InChI=1S/C10H10F3N3O.ClH/c11-10(12,13)7-1-2-8(15-5-7)16-4-3-14-6-9(16)17;/h1-2,5,14H,3-4,6H2;1H. The molecule has 4 nitrogen and oxygen atoms in total. The van der Waals surface area contributed by atoms with Crippen LogP contribution in [-0.4, -0.2) is 30.5 Å². The molecule has 1 fully saturated rings. The second kappa shape index (κ2) is 5.53. The Morgan fingerprint density at radius 1 is 1.33 bits per heavy atom. The van der Waals surface area contributed by atoms with Crippen molar-refractivity contribution in [2.24, 2.45) is 0 Å². The highest BCUT2D eigenvalue weighted by molar-refractivity contribution is 5.94. The Morgan fingerprint density at radius 2 is 2.06 bits per heavy atom. The molecular weight excluding hydrogens is 271 g/mol. The van der Waals surface area contributed by atoms with E-state index in [-0.39, 0.29) is 30.7 Å². The van der Waals surface area contributed by atoms with Gasteiger partial charge in [0.25, 0.3) is 0 Å². The summed E-state index contributed by atoms with van der Waals surface area (Å²) < 4.78 is 36.9. The van der Waals surface area contributed by atoms with Crippen molar-refractivity contribution in [2.45, 2.75) is 6.18 Å². The van der Waals surface area contributed by atoms with Crippen molar-refractivity contribution < 1.29 is 18.0 Å². The largest absolute Gasteiger partial charge is 0.417 e. The fourth-order valence-corrected chi connectivity index (χ4v) is 1.56. The van der Waals surface area contributed by atoms with E-state index in [9.17, 15) is 18.0 Å². The lowest BCUT2D eigenvalue weighted by atomic mass is 10.2. The number of anilines is 1. The average Bonchev–Trinajstić information content (AvgIpc) is 2.29. The highest BCUT2D eigenvalue weighted by Gasteiger charge is 2.31. The number of nitrogens with zero attached hydrogens (tertiary/aromatic N) is 2. The summed E-state index contributed by atoms with van der Waals surface area (Å²) in [7, 11) is 0. The van der Waals surface area contributed by atoms with E-state index in [0.29, 0.717) is 13.1 Å². The van der Waals surface area contributed by atoms with Gasteiger partial charge in [-0.1, -0.05) is 0 Å². The van der Waals surface area contributed by atoms with Gasteiger partial charge in [-0.25, -0.2) is 4.98 Å². The molecule has 0 unspecified atom stereocenters. The van der Waals surface area contributed by atoms with Gasteiger partial charge < -0.3 is 5.32 Å². The van der Waals surface area contributed by atoms with Crippen molar-refractivity contribution in [2.75, 3.05) is 24.5 Å². The monoisotopic (exact) mass is 281 g/mol. The number of amides is 1. The van der Waals surface area contributed by atoms with Gasteiger partial charge in [-0.2, -0.15) is 13.2 Å². The van der Waals surface area contributed by atoms with Gasteiger partial charge >= 0.3 is 6.18 Å². The number of carbonyl (C=O) groups excluding carboxylic acids is 1. The molecule has 1 N–H and O–H groups in total. The minimum absolute atomic E-state index is 0. The second-order valence-corrected chi connectivity index (χ2v) is 3.62. The van der Waals surface area contributed by atoms with E-state index in [1.807, 2.05) is 0 Å². The first-order chi connectivity index (χ1) is 7.98. The molecule has 8 heteroatoms. The summed E-state index contributed by atoms with van der Waals surface area (Å²) in [6.45, 7) is 1.20. The van der Waals surface area contributed by atoms with Crippen LogP contribution in [0.4, 0.5) is 19.0 Å². The summed E-state index contributed by atoms with van der Waals surface area (Å²) in [5, 5.41) is 2.87. The van der Waals surface area contributed by atoms with Crippen LogP contribution in [0.15, 0.2) is 18.3 Å². The predicted molar refractivity (Wildman–Crippen MR) is 61.7 cm³/mol. The Bertz CT molecular complexity index is 421. The van der Waals surface area contributed by atoms with Crippen LogP contribution >= 0.6 is 12.4 Å². The first-order valence-electron chi connectivity index (χ1n) is 5.03. The van der Waals surface area contributed by atoms with E-state index in [0.717, 1.165) is 12.3 Å². The fraction of sp³-hybridized carbons (Fsp3) is 0.400. The number of nitrogens with one attached hydrogen (secondary N) is 1. The zero-order chi connectivity index (χ0) is 12.5. The third kappa shape index (κ3) is 3.11. The maximum Gasteiger partial charge on any atom is 0.417 e. The SMILES string of the molecule is Cl.O=C1CNCCN1c1ccc(C(F)(F)F)cn1. The molecular formula is C10H11ClF3N3O. The van der Waals surface area contributed by atoms with Crippen LogP contribution in [0.2, 0.25) is 0 Å². The summed E-state index contributed by atoms with van der Waals surface area (Å²) in [4.78, 5) is 16.5. The number of rotatable bonds is 1. The first kappa shape index (κ1) is 14.7. The van der Waals surface area contributed by atoms with Crippen molar-refractivity contribution >= 4 is 24.1 Å². The van der Waals surface area contributed by atoms with Crippen LogP contribution in [-0.2, 0) is 11.0 Å². The number of hydrogen-bond donors (Lipinski definition) is 1. The first-order valence-corrected chi connectivity index (χ1v) is 5.03. The van der Waals surface area contributed by atoms with Gasteiger partial charge in [0.2, 0.25) is 5.91 Å². The Kier molecular flexibility index (Phi) is 4.53. The van der Waals surface area contributed by atoms with Crippen LogP contribution in [0.3, 0.4) is 0 Å². The molecule has 0 aromatic carbocycles. The summed E-state index contributed by atoms with van der Waals surface area (Å²) in [6, 6.07) is 2.14. The van der Waals surface area contributed by atoms with E-state index >= 15 is 0 Å². The van der Waals surface area contributed by atoms with Crippen LogP contribution < -0.4 is 10.2 Å². The van der Waals surface area contributed by atoms with Gasteiger partial charge in [-0.3, -0.25) is 9.69 Å². The quantitative estimate of drug-likeness (QED) is 0.848. The Morgan fingerprint density at radius 3 is 2.56 bits per heavy atom. The number of aromatic nitrogens is 1. The van der Waals surface area contributed by atoms with Crippen molar-refractivity contribution in [3.63, 3.8) is 0 Å². The maximum absolute atomic E-state index is 12.3. The van der Waals surface area contributed by atoms with Crippen molar-refractivity contribution in [3.05, 3.63) is 23.9 Å². The van der Waals surface area contributed by atoms with Gasteiger partial charge in [-0.15, -0.1) is 12.4 Å². The molecule has 1 saturated heterocycles. The molecule has 0 radical (unpaired) electrons. The van der Waals surface area contributed by atoms with E-state index in [1.54, 1.807) is 0 Å². The molecule has 1 amide bonds. The zero-order valence-electron chi connectivity index (χ0n) is 9.20. The van der Waals surface area contributed by atoms with Crippen molar-refractivity contribution in [1.29, 1.82) is 0 Å². The molecule has 1 aliphatic heterocycles. The molecule has 0 bridgehead atoms. The molecule has 2 heterocycles. The highest BCUT2D eigenvalue weighted by atomic mass is 35.5. The van der Waals surface area contributed by atoms with Gasteiger partial charge in [-0.05, 0) is 12.1 Å². The Labute approximate surface area is 108 Å².